The highest BCUT2D eigenvalue weighted by Gasteiger charge is 2.25. The smallest absolute Gasteiger partial charge is 0.0644 e. The van der Waals surface area contributed by atoms with E-state index in [1.807, 2.05) is 10.9 Å². The fourth-order valence-electron chi connectivity index (χ4n) is 3.00. The number of rotatable bonds is 5. The number of nitrogens with zero attached hydrogens (tertiary/aromatic N) is 2. The van der Waals surface area contributed by atoms with Crippen molar-refractivity contribution < 1.29 is 5.11 Å². The van der Waals surface area contributed by atoms with E-state index in [1.165, 1.54) is 22.6 Å². The minimum Gasteiger partial charge on any atom is -0.394 e. The predicted octanol–water partition coefficient (Wildman–Crippen LogP) is 2.67. The molecule has 2 aromatic rings. The lowest BCUT2D eigenvalue weighted by atomic mass is 9.92. The number of thiophene rings is 1. The number of aliphatic hydroxyl groups excluding tert-OH is 1. The normalized spacial score (nSPS) is 19.8. The van der Waals surface area contributed by atoms with Gasteiger partial charge >= 0.3 is 0 Å². The van der Waals surface area contributed by atoms with Gasteiger partial charge in [-0.25, -0.2) is 0 Å². The van der Waals surface area contributed by atoms with Crippen LogP contribution in [0, 0.1) is 0 Å². The lowest BCUT2D eigenvalue weighted by molar-refractivity contribution is 0.266. The third-order valence-corrected chi connectivity index (χ3v) is 5.05. The molecule has 3 rings (SSSR count). The molecule has 0 saturated heterocycles. The Morgan fingerprint density at radius 2 is 2.50 bits per heavy atom. The second-order valence-electron chi connectivity index (χ2n) is 5.34. The molecule has 0 saturated carbocycles. The molecule has 0 aliphatic heterocycles. The number of aromatic nitrogens is 2. The highest BCUT2D eigenvalue weighted by molar-refractivity contribution is 7.10. The molecular weight excluding hydrogens is 270 g/mol. The van der Waals surface area contributed by atoms with Gasteiger partial charge in [0.25, 0.3) is 0 Å². The summed E-state index contributed by atoms with van der Waals surface area (Å²) in [4.78, 5) is 1.37. The number of hydrogen-bond acceptors (Lipinski definition) is 4. The van der Waals surface area contributed by atoms with Crippen molar-refractivity contribution in [2.45, 2.75) is 44.8 Å². The van der Waals surface area contributed by atoms with Crippen LogP contribution in [-0.4, -0.2) is 21.5 Å². The van der Waals surface area contributed by atoms with E-state index in [-0.39, 0.29) is 6.61 Å². The summed E-state index contributed by atoms with van der Waals surface area (Å²) in [6, 6.07) is 5.03. The van der Waals surface area contributed by atoms with Crippen LogP contribution in [0.5, 0.6) is 0 Å². The van der Waals surface area contributed by atoms with Gasteiger partial charge in [0, 0.05) is 28.2 Å². The summed E-state index contributed by atoms with van der Waals surface area (Å²) in [7, 11) is 0. The van der Waals surface area contributed by atoms with Crippen LogP contribution in [0.2, 0.25) is 0 Å². The molecule has 1 aliphatic carbocycles. The van der Waals surface area contributed by atoms with Gasteiger partial charge < -0.3 is 10.4 Å². The Kier molecular flexibility index (Phi) is 4.19. The molecule has 0 spiro atoms. The van der Waals surface area contributed by atoms with Crippen LogP contribution < -0.4 is 5.32 Å². The van der Waals surface area contributed by atoms with Gasteiger partial charge in [0.1, 0.15) is 0 Å². The monoisotopic (exact) mass is 291 g/mol. The number of hydrogen-bond donors (Lipinski definition) is 2. The van der Waals surface area contributed by atoms with E-state index in [9.17, 15) is 0 Å². The van der Waals surface area contributed by atoms with Gasteiger partial charge in [0.05, 0.1) is 19.3 Å². The molecule has 2 aromatic heterocycles. The van der Waals surface area contributed by atoms with Crippen molar-refractivity contribution in [3.63, 3.8) is 0 Å². The summed E-state index contributed by atoms with van der Waals surface area (Å²) in [6.07, 6.45) is 5.39. The topological polar surface area (TPSA) is 50.1 Å². The number of fused-ring (bicyclic) bond motifs is 1. The number of nitrogens with one attached hydrogen (secondary N) is 1. The summed E-state index contributed by atoms with van der Waals surface area (Å²) in [5.41, 5.74) is 2.61. The van der Waals surface area contributed by atoms with Gasteiger partial charge in [-0.05, 0) is 37.6 Å². The molecule has 4 nitrogen and oxygen atoms in total. The third-order valence-electron chi connectivity index (χ3n) is 4.00. The highest BCUT2D eigenvalue weighted by atomic mass is 32.1. The molecule has 1 aliphatic rings. The Labute approximate surface area is 123 Å². The molecule has 0 radical (unpaired) electrons. The van der Waals surface area contributed by atoms with Gasteiger partial charge in [-0.3, -0.25) is 4.68 Å². The average Bonchev–Trinajstić information content (AvgIpc) is 3.09. The lowest BCUT2D eigenvalue weighted by Crippen LogP contribution is -2.27. The standard InChI is InChI=1S/C15H21N3OS/c1-11(15-6-3-9-20-15)17-13-4-2-5-14-12(13)10-16-18(14)7-8-19/h3,6,9-11,13,17,19H,2,4-5,7-8H2,1H3. The van der Waals surface area contributed by atoms with Crippen molar-refractivity contribution in [3.05, 3.63) is 39.8 Å². The van der Waals surface area contributed by atoms with Gasteiger partial charge in [0.2, 0.25) is 0 Å². The van der Waals surface area contributed by atoms with Crippen LogP contribution in [0.3, 0.4) is 0 Å². The van der Waals surface area contributed by atoms with Gasteiger partial charge in [-0.2, -0.15) is 5.10 Å². The Hall–Kier alpha value is -1.17. The summed E-state index contributed by atoms with van der Waals surface area (Å²) >= 11 is 1.80. The van der Waals surface area contributed by atoms with Crippen LogP contribution in [0.15, 0.2) is 23.7 Å². The molecule has 2 N–H and O–H groups in total. The molecular formula is C15H21N3OS. The Morgan fingerprint density at radius 1 is 1.60 bits per heavy atom. The van der Waals surface area contributed by atoms with Crippen molar-refractivity contribution in [2.24, 2.45) is 0 Å². The molecule has 0 aromatic carbocycles. The average molecular weight is 291 g/mol. The van der Waals surface area contributed by atoms with Crippen molar-refractivity contribution in [1.29, 1.82) is 0 Å². The van der Waals surface area contributed by atoms with Crippen molar-refractivity contribution in [3.8, 4) is 0 Å². The molecule has 2 atom stereocenters. The Bertz CT molecular complexity index is 549. The first-order valence-electron chi connectivity index (χ1n) is 7.24. The predicted molar refractivity (Wildman–Crippen MR) is 80.9 cm³/mol. The number of aliphatic hydroxyl groups is 1. The van der Waals surface area contributed by atoms with E-state index >= 15 is 0 Å². The van der Waals surface area contributed by atoms with E-state index in [2.05, 4.69) is 34.9 Å². The first-order valence-corrected chi connectivity index (χ1v) is 8.12. The lowest BCUT2D eigenvalue weighted by Gasteiger charge is -2.27. The summed E-state index contributed by atoms with van der Waals surface area (Å²) < 4.78 is 1.96. The minimum absolute atomic E-state index is 0.151. The molecule has 2 heterocycles. The fourth-order valence-corrected chi connectivity index (χ4v) is 3.74. The molecule has 0 amide bonds. The van der Waals surface area contributed by atoms with Crippen molar-refractivity contribution in [2.75, 3.05) is 6.61 Å². The van der Waals surface area contributed by atoms with Crippen LogP contribution in [0.4, 0.5) is 0 Å². The maximum atomic E-state index is 9.10. The van der Waals surface area contributed by atoms with Gasteiger partial charge in [0.15, 0.2) is 0 Å². The quantitative estimate of drug-likeness (QED) is 0.890. The van der Waals surface area contributed by atoms with E-state index < -0.39 is 0 Å². The zero-order chi connectivity index (χ0) is 13.9. The zero-order valence-corrected chi connectivity index (χ0v) is 12.6. The van der Waals surface area contributed by atoms with Crippen LogP contribution in [0.25, 0.3) is 0 Å². The Balaban J connectivity index is 1.76. The van der Waals surface area contributed by atoms with E-state index in [4.69, 9.17) is 5.11 Å². The highest BCUT2D eigenvalue weighted by Crippen LogP contribution is 2.32. The van der Waals surface area contributed by atoms with Crippen LogP contribution in [-0.2, 0) is 13.0 Å². The Morgan fingerprint density at radius 3 is 3.25 bits per heavy atom. The third kappa shape index (κ3) is 2.66. The molecule has 0 bridgehead atoms. The fraction of sp³-hybridized carbons (Fsp3) is 0.533. The molecule has 20 heavy (non-hydrogen) atoms. The van der Waals surface area contributed by atoms with E-state index in [1.54, 1.807) is 11.3 Å². The summed E-state index contributed by atoms with van der Waals surface area (Å²) in [6.45, 7) is 2.97. The molecule has 2 unspecified atom stereocenters. The molecule has 5 heteroatoms. The summed E-state index contributed by atoms with van der Waals surface area (Å²) in [5.74, 6) is 0. The summed E-state index contributed by atoms with van der Waals surface area (Å²) in [5, 5.41) is 19.4. The van der Waals surface area contributed by atoms with Crippen LogP contribution >= 0.6 is 11.3 Å². The minimum atomic E-state index is 0.151. The molecule has 0 fully saturated rings. The molecule has 108 valence electrons. The van der Waals surface area contributed by atoms with E-state index in [0.29, 0.717) is 18.6 Å². The largest absolute Gasteiger partial charge is 0.394 e. The first kappa shape index (κ1) is 13.8. The SMILES string of the molecule is CC(NC1CCCc2c1cnn2CCO)c1cccs1. The second-order valence-corrected chi connectivity index (χ2v) is 6.32. The van der Waals surface area contributed by atoms with E-state index in [0.717, 1.165) is 12.8 Å². The second kappa shape index (κ2) is 6.08. The zero-order valence-electron chi connectivity index (χ0n) is 11.7. The van der Waals surface area contributed by atoms with Gasteiger partial charge in [-0.1, -0.05) is 6.07 Å². The first-order chi connectivity index (χ1) is 9.79. The van der Waals surface area contributed by atoms with Crippen LogP contribution in [0.1, 0.15) is 48.0 Å². The van der Waals surface area contributed by atoms with Crippen molar-refractivity contribution >= 4 is 11.3 Å². The van der Waals surface area contributed by atoms with Crippen molar-refractivity contribution in [1.82, 2.24) is 15.1 Å². The maximum Gasteiger partial charge on any atom is 0.0644 e. The van der Waals surface area contributed by atoms with Gasteiger partial charge in [-0.15, -0.1) is 11.3 Å². The maximum absolute atomic E-state index is 9.10.